The van der Waals surface area contributed by atoms with E-state index in [0.29, 0.717) is 6.42 Å². The maximum absolute atomic E-state index is 12.0. The Bertz CT molecular complexity index is 680. The number of nitrogens with one attached hydrogen (secondary N) is 2. The van der Waals surface area contributed by atoms with Crippen LogP contribution in [0.4, 0.5) is 4.79 Å². The molecule has 0 unspecified atom stereocenters. The van der Waals surface area contributed by atoms with Crippen LogP contribution in [0.3, 0.4) is 0 Å². The van der Waals surface area contributed by atoms with Gasteiger partial charge in [-0.1, -0.05) is 18.2 Å². The van der Waals surface area contributed by atoms with E-state index in [9.17, 15) is 9.59 Å². The number of likely N-dealkylation sites (N-methyl/N-ethyl adjacent to an activating group) is 1. The van der Waals surface area contributed by atoms with Crippen LogP contribution in [0.15, 0.2) is 30.5 Å². The molecule has 0 spiro atoms. The van der Waals surface area contributed by atoms with Crippen LogP contribution in [0.1, 0.15) is 5.56 Å². The second kappa shape index (κ2) is 6.84. The van der Waals surface area contributed by atoms with Gasteiger partial charge in [-0.05, 0) is 11.6 Å². The van der Waals surface area contributed by atoms with Crippen molar-refractivity contribution in [1.29, 1.82) is 0 Å². The van der Waals surface area contributed by atoms with E-state index in [1.165, 1.54) is 14.2 Å². The molecule has 22 heavy (non-hydrogen) atoms. The van der Waals surface area contributed by atoms with Crippen LogP contribution >= 0.6 is 0 Å². The Morgan fingerprint density at radius 3 is 2.64 bits per heavy atom. The van der Waals surface area contributed by atoms with Crippen molar-refractivity contribution in [3.05, 3.63) is 36.0 Å². The van der Waals surface area contributed by atoms with E-state index in [1.807, 2.05) is 24.3 Å². The van der Waals surface area contributed by atoms with Crippen LogP contribution in [0, 0.1) is 0 Å². The highest BCUT2D eigenvalue weighted by Gasteiger charge is 2.22. The van der Waals surface area contributed by atoms with Gasteiger partial charge in [0.05, 0.1) is 12.6 Å². The SMILES string of the molecule is CNC(=O)[C@@H](Cc1cn(OC)c2ccccc12)NC(=O)OC. The zero-order valence-corrected chi connectivity index (χ0v) is 12.8. The largest absolute Gasteiger partial charge is 0.453 e. The van der Waals surface area contributed by atoms with Crippen LogP contribution in [0.5, 0.6) is 0 Å². The molecule has 2 N–H and O–H groups in total. The van der Waals surface area contributed by atoms with Gasteiger partial charge in [0, 0.05) is 25.1 Å². The standard InChI is InChI=1S/C15H19N3O4/c1-16-14(19)12(17-15(20)21-2)8-10-9-18(22-3)13-7-5-4-6-11(10)13/h4-7,9,12H,8H2,1-3H3,(H,16,19)(H,17,20)/t12-/m1/s1. The molecular weight excluding hydrogens is 286 g/mol. The topological polar surface area (TPSA) is 81.6 Å². The van der Waals surface area contributed by atoms with Crippen molar-refractivity contribution >= 4 is 22.9 Å². The number of methoxy groups -OCH3 is 1. The van der Waals surface area contributed by atoms with Gasteiger partial charge in [0.25, 0.3) is 0 Å². The van der Waals surface area contributed by atoms with Gasteiger partial charge in [-0.2, -0.15) is 4.73 Å². The zero-order valence-electron chi connectivity index (χ0n) is 12.8. The van der Waals surface area contributed by atoms with Crippen LogP contribution in [-0.4, -0.2) is 44.0 Å². The molecule has 1 aromatic carbocycles. The average Bonchev–Trinajstić information content (AvgIpc) is 2.91. The molecular formula is C15H19N3O4. The molecule has 2 rings (SSSR count). The number of ether oxygens (including phenoxy) is 1. The van der Waals surface area contributed by atoms with E-state index < -0.39 is 12.1 Å². The minimum absolute atomic E-state index is 0.292. The summed E-state index contributed by atoms with van der Waals surface area (Å²) >= 11 is 0. The molecule has 0 bridgehead atoms. The maximum Gasteiger partial charge on any atom is 0.407 e. The molecule has 7 heteroatoms. The normalized spacial score (nSPS) is 11.8. The van der Waals surface area contributed by atoms with Gasteiger partial charge in [-0.15, -0.1) is 0 Å². The number of nitrogens with zero attached hydrogens (tertiary/aromatic N) is 1. The molecule has 0 saturated heterocycles. The highest BCUT2D eigenvalue weighted by molar-refractivity contribution is 5.88. The highest BCUT2D eigenvalue weighted by atomic mass is 16.6. The first-order chi connectivity index (χ1) is 10.6. The molecule has 2 aromatic rings. The van der Waals surface area contributed by atoms with Gasteiger partial charge in [0.2, 0.25) is 5.91 Å². The van der Waals surface area contributed by atoms with Crippen LogP contribution in [0.2, 0.25) is 0 Å². The Morgan fingerprint density at radius 1 is 1.27 bits per heavy atom. The van der Waals surface area contributed by atoms with Gasteiger partial charge in [0.1, 0.15) is 13.2 Å². The van der Waals surface area contributed by atoms with Crippen molar-refractivity contribution in [1.82, 2.24) is 15.4 Å². The number of benzene rings is 1. The lowest BCUT2D eigenvalue weighted by atomic mass is 10.0. The van der Waals surface area contributed by atoms with Crippen LogP contribution in [-0.2, 0) is 16.0 Å². The highest BCUT2D eigenvalue weighted by Crippen LogP contribution is 2.21. The maximum atomic E-state index is 12.0. The summed E-state index contributed by atoms with van der Waals surface area (Å²) in [5.41, 5.74) is 1.79. The summed E-state index contributed by atoms with van der Waals surface area (Å²) < 4.78 is 6.20. The predicted molar refractivity (Wildman–Crippen MR) is 81.5 cm³/mol. The van der Waals surface area contributed by atoms with Gasteiger partial charge in [0.15, 0.2) is 0 Å². The minimum atomic E-state index is -0.728. The molecule has 0 radical (unpaired) electrons. The number of alkyl carbamates (subject to hydrolysis) is 1. The molecule has 2 amide bonds. The zero-order chi connectivity index (χ0) is 16.1. The van der Waals surface area contributed by atoms with Crippen molar-refractivity contribution in [3.8, 4) is 0 Å². The first-order valence-corrected chi connectivity index (χ1v) is 6.80. The molecule has 0 saturated carbocycles. The Morgan fingerprint density at radius 2 is 2.00 bits per heavy atom. The first kappa shape index (κ1) is 15.7. The van der Waals surface area contributed by atoms with Gasteiger partial charge >= 0.3 is 6.09 Å². The van der Waals surface area contributed by atoms with Crippen molar-refractivity contribution in [2.24, 2.45) is 0 Å². The van der Waals surface area contributed by atoms with Crippen LogP contribution in [0.25, 0.3) is 10.9 Å². The lowest BCUT2D eigenvalue weighted by molar-refractivity contribution is -0.122. The summed E-state index contributed by atoms with van der Waals surface area (Å²) in [4.78, 5) is 28.7. The fraction of sp³-hybridized carbons (Fsp3) is 0.333. The Hall–Kier alpha value is -2.70. The summed E-state index contributed by atoms with van der Waals surface area (Å²) in [6, 6.07) is 6.96. The number of carbonyl (C=O) groups is 2. The van der Waals surface area contributed by atoms with Gasteiger partial charge in [-0.3, -0.25) is 4.79 Å². The number of aromatic nitrogens is 1. The monoisotopic (exact) mass is 305 g/mol. The minimum Gasteiger partial charge on any atom is -0.453 e. The number of rotatable bonds is 5. The van der Waals surface area contributed by atoms with Crippen LogP contribution < -0.4 is 15.5 Å². The number of para-hydroxylation sites is 1. The molecule has 1 aromatic heterocycles. The summed E-state index contributed by atoms with van der Waals surface area (Å²) in [7, 11) is 4.35. The first-order valence-electron chi connectivity index (χ1n) is 6.80. The van der Waals surface area contributed by atoms with Crippen molar-refractivity contribution < 1.29 is 19.2 Å². The molecule has 0 fully saturated rings. The smallest absolute Gasteiger partial charge is 0.407 e. The van der Waals surface area contributed by atoms with E-state index in [2.05, 4.69) is 15.4 Å². The lowest BCUT2D eigenvalue weighted by Gasteiger charge is -2.16. The van der Waals surface area contributed by atoms with E-state index in [-0.39, 0.29) is 5.91 Å². The van der Waals surface area contributed by atoms with E-state index in [4.69, 9.17) is 4.84 Å². The molecule has 1 heterocycles. The number of fused-ring (bicyclic) bond motifs is 1. The van der Waals surface area contributed by atoms with E-state index in [0.717, 1.165) is 16.5 Å². The molecule has 7 nitrogen and oxygen atoms in total. The second-order valence-corrected chi connectivity index (χ2v) is 4.69. The molecule has 0 aliphatic carbocycles. The second-order valence-electron chi connectivity index (χ2n) is 4.69. The van der Waals surface area contributed by atoms with Crippen molar-refractivity contribution in [2.45, 2.75) is 12.5 Å². The molecule has 1 atom stereocenters. The Balaban J connectivity index is 2.33. The van der Waals surface area contributed by atoms with Gasteiger partial charge < -0.3 is 20.2 Å². The Labute approximate surface area is 128 Å². The quantitative estimate of drug-likeness (QED) is 0.852. The molecule has 118 valence electrons. The summed E-state index contributed by atoms with van der Waals surface area (Å²) in [6.45, 7) is 0. The molecule has 0 aliphatic heterocycles. The fourth-order valence-electron chi connectivity index (χ4n) is 2.34. The van der Waals surface area contributed by atoms with E-state index >= 15 is 0 Å². The third kappa shape index (κ3) is 3.13. The fourth-order valence-corrected chi connectivity index (χ4v) is 2.34. The number of hydrogen-bond acceptors (Lipinski definition) is 4. The summed E-state index contributed by atoms with van der Waals surface area (Å²) in [6.07, 6.45) is 1.48. The third-order valence-corrected chi connectivity index (χ3v) is 3.42. The number of carbonyl (C=O) groups excluding carboxylic acids is 2. The van der Waals surface area contributed by atoms with Crippen molar-refractivity contribution in [3.63, 3.8) is 0 Å². The number of amides is 2. The van der Waals surface area contributed by atoms with E-state index in [1.54, 1.807) is 18.0 Å². The van der Waals surface area contributed by atoms with Gasteiger partial charge in [-0.25, -0.2) is 4.79 Å². The summed E-state index contributed by atoms with van der Waals surface area (Å²) in [5, 5.41) is 6.03. The predicted octanol–water partition coefficient (Wildman–Crippen LogP) is 0.713. The third-order valence-electron chi connectivity index (χ3n) is 3.42. The average molecular weight is 305 g/mol. The number of hydrogen-bond donors (Lipinski definition) is 2. The molecule has 0 aliphatic rings. The summed E-state index contributed by atoms with van der Waals surface area (Å²) in [5.74, 6) is -0.292. The Kier molecular flexibility index (Phi) is 4.88. The van der Waals surface area contributed by atoms with Crippen molar-refractivity contribution in [2.75, 3.05) is 21.3 Å². The lowest BCUT2D eigenvalue weighted by Crippen LogP contribution is -2.47.